The Morgan fingerprint density at radius 3 is 2.75 bits per heavy atom. The van der Waals surface area contributed by atoms with E-state index in [0.717, 1.165) is 18.4 Å². The van der Waals surface area contributed by atoms with E-state index in [0.29, 0.717) is 13.1 Å². The van der Waals surface area contributed by atoms with Crippen molar-refractivity contribution in [1.82, 2.24) is 9.88 Å². The number of hydrogen-bond acceptors (Lipinski definition) is 1. The van der Waals surface area contributed by atoms with Crippen molar-refractivity contribution >= 4 is 16.8 Å². The minimum Gasteiger partial charge on any atom is -0.358 e. The van der Waals surface area contributed by atoms with E-state index < -0.39 is 5.82 Å². The number of rotatable bonds is 1. The average Bonchev–Trinajstić information content (AvgIpc) is 2.78. The molecule has 0 unspecified atom stereocenters. The van der Waals surface area contributed by atoms with Gasteiger partial charge in [-0.15, -0.1) is 0 Å². The monoisotopic (exact) mass is 322 g/mol. The van der Waals surface area contributed by atoms with Gasteiger partial charge in [0.25, 0.3) is 5.91 Å². The van der Waals surface area contributed by atoms with Crippen LogP contribution in [0.2, 0.25) is 0 Å². The fourth-order valence-electron chi connectivity index (χ4n) is 3.53. The second kappa shape index (κ2) is 5.78. The number of nitrogens with one attached hydrogen (secondary N) is 1. The van der Waals surface area contributed by atoms with Gasteiger partial charge in [0.05, 0.1) is 5.56 Å². The summed E-state index contributed by atoms with van der Waals surface area (Å²) in [6.45, 7) is 3.30. The van der Waals surface area contributed by atoms with Crippen molar-refractivity contribution in [1.29, 1.82) is 0 Å². The summed E-state index contributed by atoms with van der Waals surface area (Å²) < 4.78 is 13.9. The molecule has 0 bridgehead atoms. The van der Waals surface area contributed by atoms with E-state index >= 15 is 0 Å². The molecule has 3 aromatic rings. The van der Waals surface area contributed by atoms with Gasteiger partial charge in [0.15, 0.2) is 0 Å². The lowest BCUT2D eigenvalue weighted by molar-refractivity contribution is 0.0758. The van der Waals surface area contributed by atoms with Crippen molar-refractivity contribution in [2.45, 2.75) is 19.8 Å². The number of H-pyrrole nitrogens is 1. The van der Waals surface area contributed by atoms with Crippen LogP contribution in [-0.2, 0) is 12.8 Å². The van der Waals surface area contributed by atoms with Gasteiger partial charge in [-0.05, 0) is 43.2 Å². The lowest BCUT2D eigenvalue weighted by atomic mass is 10.1. The highest BCUT2D eigenvalue weighted by molar-refractivity contribution is 5.94. The Bertz CT molecular complexity index is 929. The molecule has 0 saturated heterocycles. The minimum absolute atomic E-state index is 0.156. The van der Waals surface area contributed by atoms with E-state index in [-0.39, 0.29) is 11.5 Å². The van der Waals surface area contributed by atoms with E-state index in [4.69, 9.17) is 0 Å². The summed E-state index contributed by atoms with van der Waals surface area (Å²) in [6.07, 6.45) is 1.56. The fraction of sp³-hybridized carbons (Fsp3) is 0.250. The molecule has 2 heterocycles. The van der Waals surface area contributed by atoms with Crippen molar-refractivity contribution in [3.63, 3.8) is 0 Å². The third kappa shape index (κ3) is 2.48. The molecule has 0 aliphatic carbocycles. The Balaban J connectivity index is 1.62. The Morgan fingerprint density at radius 1 is 1.12 bits per heavy atom. The number of aryl methyl sites for hydroxylation is 1. The summed E-state index contributed by atoms with van der Waals surface area (Å²) in [5.74, 6) is -0.676. The summed E-state index contributed by atoms with van der Waals surface area (Å²) >= 11 is 0. The molecule has 0 atom stereocenters. The quantitative estimate of drug-likeness (QED) is 0.726. The van der Waals surface area contributed by atoms with E-state index in [1.54, 1.807) is 23.1 Å². The molecule has 2 aromatic carbocycles. The minimum atomic E-state index is -0.452. The van der Waals surface area contributed by atoms with E-state index in [2.05, 4.69) is 30.1 Å². The first-order valence-corrected chi connectivity index (χ1v) is 8.27. The smallest absolute Gasteiger partial charge is 0.256 e. The Hall–Kier alpha value is -2.62. The van der Waals surface area contributed by atoms with Crippen LogP contribution in [0, 0.1) is 12.7 Å². The second-order valence-electron chi connectivity index (χ2n) is 6.40. The van der Waals surface area contributed by atoms with Gasteiger partial charge >= 0.3 is 0 Å². The standard InChI is InChI=1S/C20H19FN2O/c1-13-6-7-18-16(12-13)14-8-10-23(11-9-19(14)22-18)20(24)15-4-2-3-5-17(15)21/h2-7,12,22H,8-11H2,1H3. The predicted molar refractivity (Wildman–Crippen MR) is 92.7 cm³/mol. The Kier molecular flexibility index (Phi) is 3.60. The summed E-state index contributed by atoms with van der Waals surface area (Å²) in [5.41, 5.74) is 5.02. The van der Waals surface area contributed by atoms with Crippen molar-refractivity contribution < 1.29 is 9.18 Å². The number of carbonyl (C=O) groups is 1. The van der Waals surface area contributed by atoms with Crippen molar-refractivity contribution in [3.8, 4) is 0 Å². The van der Waals surface area contributed by atoms with E-state index in [1.807, 2.05) is 0 Å². The second-order valence-corrected chi connectivity index (χ2v) is 6.40. The van der Waals surface area contributed by atoms with Crippen molar-refractivity contribution in [3.05, 3.63) is 70.7 Å². The molecule has 4 heteroatoms. The molecule has 122 valence electrons. The fourth-order valence-corrected chi connectivity index (χ4v) is 3.53. The summed E-state index contributed by atoms with van der Waals surface area (Å²) in [4.78, 5) is 17.9. The molecular weight excluding hydrogens is 303 g/mol. The van der Waals surface area contributed by atoms with Gasteiger partial charge < -0.3 is 9.88 Å². The summed E-state index contributed by atoms with van der Waals surface area (Å²) in [7, 11) is 0. The van der Waals surface area contributed by atoms with Crippen LogP contribution >= 0.6 is 0 Å². The number of fused-ring (bicyclic) bond motifs is 3. The molecule has 24 heavy (non-hydrogen) atoms. The Labute approximate surface area is 140 Å². The number of hydrogen-bond donors (Lipinski definition) is 1. The predicted octanol–water partition coefficient (Wildman–Crippen LogP) is 3.86. The SMILES string of the molecule is Cc1ccc2[nH]c3c(c2c1)CCN(C(=O)c1ccccc1F)CC3. The number of aromatic amines is 1. The van der Waals surface area contributed by atoms with Crippen LogP contribution in [0.5, 0.6) is 0 Å². The van der Waals surface area contributed by atoms with Gasteiger partial charge in [-0.25, -0.2) is 4.39 Å². The van der Waals surface area contributed by atoms with Crippen LogP contribution in [0.4, 0.5) is 4.39 Å². The molecule has 1 aromatic heterocycles. The van der Waals surface area contributed by atoms with Gasteiger partial charge in [0, 0.05) is 36.1 Å². The highest BCUT2D eigenvalue weighted by Gasteiger charge is 2.23. The third-order valence-electron chi connectivity index (χ3n) is 4.80. The van der Waals surface area contributed by atoms with Crippen molar-refractivity contribution in [2.24, 2.45) is 0 Å². The first-order chi connectivity index (χ1) is 11.6. The zero-order chi connectivity index (χ0) is 16.7. The molecule has 1 aliphatic rings. The molecule has 0 radical (unpaired) electrons. The molecule has 0 fully saturated rings. The maximum absolute atomic E-state index is 13.9. The van der Waals surface area contributed by atoms with Crippen molar-refractivity contribution in [2.75, 3.05) is 13.1 Å². The number of halogens is 1. The topological polar surface area (TPSA) is 36.1 Å². The summed E-state index contributed by atoms with van der Waals surface area (Å²) in [6, 6.07) is 12.6. The third-order valence-corrected chi connectivity index (χ3v) is 4.80. The van der Waals surface area contributed by atoms with Crippen LogP contribution < -0.4 is 0 Å². The normalized spacial score (nSPS) is 14.5. The zero-order valence-electron chi connectivity index (χ0n) is 13.6. The lowest BCUT2D eigenvalue weighted by Crippen LogP contribution is -2.33. The molecule has 0 spiro atoms. The molecular formula is C20H19FN2O. The summed E-state index contributed by atoms with van der Waals surface area (Å²) in [5, 5.41) is 1.24. The lowest BCUT2D eigenvalue weighted by Gasteiger charge is -2.20. The van der Waals surface area contributed by atoms with E-state index in [9.17, 15) is 9.18 Å². The van der Waals surface area contributed by atoms with Crippen LogP contribution in [0.1, 0.15) is 27.2 Å². The largest absolute Gasteiger partial charge is 0.358 e. The van der Waals surface area contributed by atoms with Gasteiger partial charge in [0.2, 0.25) is 0 Å². The van der Waals surface area contributed by atoms with Gasteiger partial charge in [-0.2, -0.15) is 0 Å². The zero-order valence-corrected chi connectivity index (χ0v) is 13.6. The highest BCUT2D eigenvalue weighted by atomic mass is 19.1. The molecule has 1 amide bonds. The number of nitrogens with zero attached hydrogens (tertiary/aromatic N) is 1. The van der Waals surface area contributed by atoms with Crippen LogP contribution in [-0.4, -0.2) is 28.9 Å². The molecule has 1 aliphatic heterocycles. The highest BCUT2D eigenvalue weighted by Crippen LogP contribution is 2.27. The molecule has 3 nitrogen and oxygen atoms in total. The van der Waals surface area contributed by atoms with Gasteiger partial charge in [-0.1, -0.05) is 23.8 Å². The molecule has 0 saturated carbocycles. The van der Waals surface area contributed by atoms with Crippen LogP contribution in [0.25, 0.3) is 10.9 Å². The van der Waals surface area contributed by atoms with E-state index in [1.165, 1.54) is 28.3 Å². The maximum Gasteiger partial charge on any atom is 0.256 e. The number of carbonyl (C=O) groups excluding carboxylic acids is 1. The van der Waals surface area contributed by atoms with Gasteiger partial charge in [0.1, 0.15) is 5.82 Å². The first-order valence-electron chi connectivity index (χ1n) is 8.27. The Morgan fingerprint density at radius 2 is 1.92 bits per heavy atom. The first kappa shape index (κ1) is 14.9. The number of benzene rings is 2. The van der Waals surface area contributed by atoms with Gasteiger partial charge in [-0.3, -0.25) is 4.79 Å². The number of amides is 1. The van der Waals surface area contributed by atoms with Crippen LogP contribution in [0.15, 0.2) is 42.5 Å². The number of aromatic nitrogens is 1. The van der Waals surface area contributed by atoms with Crippen LogP contribution in [0.3, 0.4) is 0 Å². The molecule has 1 N–H and O–H groups in total. The maximum atomic E-state index is 13.9. The average molecular weight is 322 g/mol. The molecule has 4 rings (SSSR count).